The Kier molecular flexibility index (Phi) is 3.43. The lowest BCUT2D eigenvalue weighted by molar-refractivity contribution is -0.156. The van der Waals surface area contributed by atoms with E-state index in [9.17, 15) is 9.18 Å². The second-order valence-corrected chi connectivity index (χ2v) is 10.2. The fraction of sp³-hybridized carbons (Fsp3) is 0.727. The fourth-order valence-corrected chi connectivity index (χ4v) is 7.63. The van der Waals surface area contributed by atoms with E-state index < -0.39 is 5.95 Å². The van der Waals surface area contributed by atoms with Crippen molar-refractivity contribution in [2.24, 2.45) is 35.0 Å². The third kappa shape index (κ3) is 2.53. The lowest BCUT2D eigenvalue weighted by Gasteiger charge is -2.56. The maximum absolute atomic E-state index is 13.6. The molecule has 5 heteroatoms. The van der Waals surface area contributed by atoms with E-state index in [4.69, 9.17) is 0 Å². The van der Waals surface area contributed by atoms with Crippen LogP contribution >= 0.6 is 0 Å². The minimum atomic E-state index is -0.414. The molecule has 2 aliphatic heterocycles. The lowest BCUT2D eigenvalue weighted by atomic mass is 9.49. The lowest BCUT2D eigenvalue weighted by Crippen LogP contribution is -2.54. The van der Waals surface area contributed by atoms with Crippen molar-refractivity contribution in [2.45, 2.75) is 38.5 Å². The van der Waals surface area contributed by atoms with Crippen LogP contribution in [0.15, 0.2) is 18.2 Å². The standard InChI is InChI=1S/C22H28FN3O/c23-19-2-1-3-20(24-19)25-10-17-12-26(13-18(17)11-25)21(27)22-7-14-4-15(8-22)6-16(5-14)9-22/h1-3,14-18H,4-13H2/t14?,15?,16?,17-,18+,22?. The highest BCUT2D eigenvalue weighted by Gasteiger charge is 2.57. The first kappa shape index (κ1) is 16.3. The smallest absolute Gasteiger partial charge is 0.228 e. The minimum absolute atomic E-state index is 0.0167. The summed E-state index contributed by atoms with van der Waals surface area (Å²) < 4.78 is 13.4. The van der Waals surface area contributed by atoms with Crippen molar-refractivity contribution in [3.63, 3.8) is 0 Å². The van der Waals surface area contributed by atoms with E-state index in [0.29, 0.717) is 17.7 Å². The zero-order valence-corrected chi connectivity index (χ0v) is 15.8. The minimum Gasteiger partial charge on any atom is -0.356 e. The van der Waals surface area contributed by atoms with Crippen molar-refractivity contribution < 1.29 is 9.18 Å². The van der Waals surface area contributed by atoms with Crippen LogP contribution in [0.1, 0.15) is 38.5 Å². The number of rotatable bonds is 2. The van der Waals surface area contributed by atoms with Gasteiger partial charge >= 0.3 is 0 Å². The van der Waals surface area contributed by atoms with Gasteiger partial charge in [0.15, 0.2) is 0 Å². The molecule has 2 atom stereocenters. The van der Waals surface area contributed by atoms with Crippen molar-refractivity contribution >= 4 is 11.7 Å². The Morgan fingerprint density at radius 1 is 0.963 bits per heavy atom. The number of aromatic nitrogens is 1. The maximum Gasteiger partial charge on any atom is 0.228 e. The second-order valence-electron chi connectivity index (χ2n) is 10.2. The third-order valence-electron chi connectivity index (χ3n) is 8.29. The molecule has 4 nitrogen and oxygen atoms in total. The summed E-state index contributed by atoms with van der Waals surface area (Å²) in [6.45, 7) is 3.56. The first-order chi connectivity index (χ1) is 13.1. The quantitative estimate of drug-likeness (QED) is 0.751. The zero-order chi connectivity index (χ0) is 18.2. The molecule has 0 N–H and O–H groups in total. The van der Waals surface area contributed by atoms with Crippen molar-refractivity contribution in [1.29, 1.82) is 0 Å². The maximum atomic E-state index is 13.6. The molecule has 1 amide bonds. The van der Waals surface area contributed by atoms with Gasteiger partial charge in [0.2, 0.25) is 11.9 Å². The van der Waals surface area contributed by atoms with Gasteiger partial charge in [-0.1, -0.05) is 6.07 Å². The van der Waals surface area contributed by atoms with E-state index in [1.54, 1.807) is 6.07 Å². The number of hydrogen-bond donors (Lipinski definition) is 0. The van der Waals surface area contributed by atoms with Gasteiger partial charge in [-0.15, -0.1) is 0 Å². The summed E-state index contributed by atoms with van der Waals surface area (Å²) in [7, 11) is 0. The Balaban J connectivity index is 1.15. The molecular weight excluding hydrogens is 341 g/mol. The first-order valence-electron chi connectivity index (χ1n) is 10.7. The Bertz CT molecular complexity index is 731. The Morgan fingerprint density at radius 3 is 2.11 bits per heavy atom. The number of anilines is 1. The number of carbonyl (C=O) groups is 1. The van der Waals surface area contributed by atoms with Gasteiger partial charge in [0.1, 0.15) is 5.82 Å². The van der Waals surface area contributed by atoms with Gasteiger partial charge in [0.05, 0.1) is 5.41 Å². The molecule has 144 valence electrons. The fourth-order valence-electron chi connectivity index (χ4n) is 7.63. The largest absolute Gasteiger partial charge is 0.356 e. The van der Waals surface area contributed by atoms with Gasteiger partial charge < -0.3 is 9.80 Å². The number of hydrogen-bond acceptors (Lipinski definition) is 3. The third-order valence-corrected chi connectivity index (χ3v) is 8.29. The molecule has 4 saturated carbocycles. The van der Waals surface area contributed by atoms with E-state index >= 15 is 0 Å². The van der Waals surface area contributed by atoms with Crippen molar-refractivity contribution in [3.05, 3.63) is 24.1 Å². The molecule has 0 aromatic carbocycles. The topological polar surface area (TPSA) is 36.4 Å². The SMILES string of the molecule is O=C(N1C[C@@H]2CN(c3cccc(F)n3)C[C@@H]2C1)C12CC3CC(CC(C3)C1)C2. The molecule has 2 saturated heterocycles. The first-order valence-corrected chi connectivity index (χ1v) is 10.7. The molecule has 1 aromatic rings. The number of amides is 1. The summed E-state index contributed by atoms with van der Waals surface area (Å²) in [4.78, 5) is 22.0. The molecule has 0 spiro atoms. The molecule has 27 heavy (non-hydrogen) atoms. The van der Waals surface area contributed by atoms with Gasteiger partial charge in [-0.3, -0.25) is 4.79 Å². The van der Waals surface area contributed by atoms with E-state index in [1.165, 1.54) is 25.3 Å². The van der Waals surface area contributed by atoms with Gasteiger partial charge in [0, 0.05) is 38.0 Å². The van der Waals surface area contributed by atoms with Gasteiger partial charge in [0.25, 0.3) is 0 Å². The summed E-state index contributed by atoms with van der Waals surface area (Å²) in [6.07, 6.45) is 7.61. The molecular formula is C22H28FN3O. The molecule has 6 aliphatic rings. The monoisotopic (exact) mass is 369 g/mol. The predicted octanol–water partition coefficient (Wildman–Crippen LogP) is 3.33. The van der Waals surface area contributed by atoms with Gasteiger partial charge in [-0.25, -0.2) is 4.98 Å². The number of fused-ring (bicyclic) bond motifs is 1. The number of pyridine rings is 1. The van der Waals surface area contributed by atoms with Crippen LogP contribution in [0.5, 0.6) is 0 Å². The molecule has 6 fully saturated rings. The summed E-state index contributed by atoms with van der Waals surface area (Å²) in [5.74, 6) is 4.27. The summed E-state index contributed by atoms with van der Waals surface area (Å²) in [5.41, 5.74) is -0.0167. The molecule has 4 aliphatic carbocycles. The Hall–Kier alpha value is -1.65. The molecule has 0 unspecified atom stereocenters. The highest BCUT2D eigenvalue weighted by atomic mass is 19.1. The van der Waals surface area contributed by atoms with Crippen molar-refractivity contribution in [2.75, 3.05) is 31.1 Å². The van der Waals surface area contributed by atoms with E-state index in [2.05, 4.69) is 14.8 Å². The normalized spacial score (nSPS) is 42.0. The van der Waals surface area contributed by atoms with Gasteiger partial charge in [-0.05, 0) is 68.4 Å². The van der Waals surface area contributed by atoms with E-state index in [0.717, 1.165) is 69.0 Å². The number of nitrogens with zero attached hydrogens (tertiary/aromatic N) is 3. The summed E-state index contributed by atoms with van der Waals surface area (Å²) in [6, 6.07) is 5.02. The van der Waals surface area contributed by atoms with E-state index in [-0.39, 0.29) is 5.41 Å². The molecule has 1 aromatic heterocycles. The average molecular weight is 369 g/mol. The highest BCUT2D eigenvalue weighted by Crippen LogP contribution is 2.60. The molecule has 4 bridgehead atoms. The van der Waals surface area contributed by atoms with Crippen LogP contribution in [0, 0.1) is 41.0 Å². The Morgan fingerprint density at radius 2 is 1.56 bits per heavy atom. The zero-order valence-electron chi connectivity index (χ0n) is 15.8. The van der Waals surface area contributed by atoms with Crippen LogP contribution in [0.4, 0.5) is 10.2 Å². The van der Waals surface area contributed by atoms with Gasteiger partial charge in [-0.2, -0.15) is 4.39 Å². The summed E-state index contributed by atoms with van der Waals surface area (Å²) >= 11 is 0. The van der Waals surface area contributed by atoms with Crippen LogP contribution in [0.3, 0.4) is 0 Å². The van der Waals surface area contributed by atoms with Crippen molar-refractivity contribution in [3.8, 4) is 0 Å². The number of likely N-dealkylation sites (tertiary alicyclic amines) is 1. The van der Waals surface area contributed by atoms with Crippen LogP contribution in [-0.2, 0) is 4.79 Å². The predicted molar refractivity (Wildman–Crippen MR) is 101 cm³/mol. The Labute approximate surface area is 160 Å². The van der Waals surface area contributed by atoms with Crippen LogP contribution in [0.25, 0.3) is 0 Å². The van der Waals surface area contributed by atoms with Crippen LogP contribution < -0.4 is 4.90 Å². The summed E-state index contributed by atoms with van der Waals surface area (Å²) in [5, 5.41) is 0. The molecule has 7 rings (SSSR count). The van der Waals surface area contributed by atoms with Crippen LogP contribution in [0.2, 0.25) is 0 Å². The second kappa shape index (κ2) is 5.68. The van der Waals surface area contributed by atoms with E-state index in [1.807, 2.05) is 6.07 Å². The number of halogens is 1. The van der Waals surface area contributed by atoms with Crippen LogP contribution in [-0.4, -0.2) is 42.0 Å². The molecule has 0 radical (unpaired) electrons. The van der Waals surface area contributed by atoms with Crippen molar-refractivity contribution in [1.82, 2.24) is 9.88 Å². The average Bonchev–Trinajstić information content (AvgIpc) is 3.19. The highest BCUT2D eigenvalue weighted by molar-refractivity contribution is 5.83. The number of carbonyl (C=O) groups excluding carboxylic acids is 1. The molecule has 3 heterocycles.